The van der Waals surface area contributed by atoms with E-state index in [1.807, 2.05) is 0 Å². The van der Waals surface area contributed by atoms with Crippen LogP contribution in [0.5, 0.6) is 11.5 Å². The molecule has 0 amide bonds. The quantitative estimate of drug-likeness (QED) is 0.156. The maximum atomic E-state index is 11.5. The number of thioether (sulfide) groups is 2. The average molecular weight is 618 g/mol. The molecular weight excluding hydrogens is 563 g/mol. The Morgan fingerprint density at radius 3 is 1.36 bits per heavy atom. The number of carboxylic acids is 1. The number of phenols is 2. The summed E-state index contributed by atoms with van der Waals surface area (Å²) < 4.78 is -0.257. The molecule has 0 aromatic heterocycles. The van der Waals surface area contributed by atoms with Crippen LogP contribution in [0.25, 0.3) is 0 Å². The van der Waals surface area contributed by atoms with E-state index in [1.165, 1.54) is 0 Å². The van der Waals surface area contributed by atoms with E-state index in [-0.39, 0.29) is 25.7 Å². The molecule has 0 radical (unpaired) electrons. The Morgan fingerprint density at radius 2 is 1.02 bits per heavy atom. The number of hydrogen-bond acceptors (Lipinski definition) is 6. The molecule has 0 unspecified atom stereocenters. The maximum Gasteiger partial charge on any atom is 0.320 e. The summed E-state index contributed by atoms with van der Waals surface area (Å²) in [5.74, 6) is -0.171. The Morgan fingerprint density at radius 1 is 0.690 bits per heavy atom. The third-order valence-electron chi connectivity index (χ3n) is 7.62. The zero-order valence-corrected chi connectivity index (χ0v) is 30.0. The molecule has 0 saturated carbocycles. The van der Waals surface area contributed by atoms with Crippen molar-refractivity contribution in [2.45, 2.75) is 145 Å². The number of carbonyl (C=O) groups is 1. The first-order valence-corrected chi connectivity index (χ1v) is 16.5. The zero-order valence-electron chi connectivity index (χ0n) is 28.4. The molecule has 5 nitrogen and oxygen atoms in total. The molecule has 0 aliphatic heterocycles. The monoisotopic (exact) mass is 617 g/mol. The van der Waals surface area contributed by atoms with Gasteiger partial charge in [-0.25, -0.2) is 0 Å². The van der Waals surface area contributed by atoms with Crippen LogP contribution < -0.4 is 5.32 Å². The van der Waals surface area contributed by atoms with E-state index in [2.05, 4.69) is 120 Å². The summed E-state index contributed by atoms with van der Waals surface area (Å²) in [6.07, 6.45) is 0.673. The number of aromatic hydroxyl groups is 2. The maximum absolute atomic E-state index is 11.5. The molecule has 0 bridgehead atoms. The van der Waals surface area contributed by atoms with Gasteiger partial charge in [0.15, 0.2) is 0 Å². The van der Waals surface area contributed by atoms with Crippen molar-refractivity contribution >= 4 is 29.5 Å². The highest BCUT2D eigenvalue weighted by Gasteiger charge is 2.33. The number of rotatable bonds is 10. The van der Waals surface area contributed by atoms with Gasteiger partial charge in [-0.3, -0.25) is 4.79 Å². The van der Waals surface area contributed by atoms with Crippen molar-refractivity contribution in [2.24, 2.45) is 0 Å². The van der Waals surface area contributed by atoms with E-state index in [1.54, 1.807) is 30.4 Å². The van der Waals surface area contributed by atoms with E-state index in [0.29, 0.717) is 24.5 Å². The minimum atomic E-state index is -0.873. The van der Waals surface area contributed by atoms with Crippen molar-refractivity contribution in [1.82, 2.24) is 5.32 Å². The minimum Gasteiger partial charge on any atom is -0.507 e. The van der Waals surface area contributed by atoms with Gasteiger partial charge >= 0.3 is 5.97 Å². The van der Waals surface area contributed by atoms with Gasteiger partial charge in [-0.15, -0.1) is 23.5 Å². The second-order valence-corrected chi connectivity index (χ2v) is 19.4. The summed E-state index contributed by atoms with van der Waals surface area (Å²) in [4.78, 5) is 13.5. The van der Waals surface area contributed by atoms with E-state index in [0.717, 1.165) is 32.0 Å². The van der Waals surface area contributed by atoms with Gasteiger partial charge in [0, 0.05) is 32.0 Å². The highest BCUT2D eigenvalue weighted by molar-refractivity contribution is 8.18. The Bertz CT molecular complexity index is 1240. The van der Waals surface area contributed by atoms with Gasteiger partial charge in [0.05, 0.1) is 4.08 Å². The summed E-state index contributed by atoms with van der Waals surface area (Å²) in [6.45, 7) is 30.0. The lowest BCUT2D eigenvalue weighted by molar-refractivity contribution is -0.139. The van der Waals surface area contributed by atoms with Crippen molar-refractivity contribution in [2.75, 3.05) is 6.54 Å². The summed E-state index contributed by atoms with van der Waals surface area (Å²) >= 11 is 3.55. The second-order valence-electron chi connectivity index (χ2n) is 15.7. The fourth-order valence-corrected chi connectivity index (χ4v) is 7.56. The minimum absolute atomic E-state index is 0.200. The third kappa shape index (κ3) is 9.33. The Labute approximate surface area is 263 Å². The van der Waals surface area contributed by atoms with Gasteiger partial charge in [0.25, 0.3) is 0 Å². The molecule has 2 aromatic carbocycles. The van der Waals surface area contributed by atoms with Crippen LogP contribution in [0.4, 0.5) is 0 Å². The molecule has 42 heavy (non-hydrogen) atoms. The van der Waals surface area contributed by atoms with Crippen LogP contribution in [0.3, 0.4) is 0 Å². The standard InChI is InChI=1S/C35H55NO4S2/c1-21(30(39)40)36-16-15-34(11,12)27-20-23(19-26(29(27)38)33(8,9)10)42-35(13,14)41-22-17-24(31(2,3)4)28(37)25(18-22)32(5,6)7/h17-21,36-38H,15-16H2,1-14H3,(H,39,40)/t21-/m0/s1. The first-order valence-electron chi connectivity index (χ1n) is 14.9. The molecule has 236 valence electrons. The highest BCUT2D eigenvalue weighted by Crippen LogP contribution is 2.51. The van der Waals surface area contributed by atoms with Crippen molar-refractivity contribution in [3.05, 3.63) is 46.5 Å². The van der Waals surface area contributed by atoms with Crippen molar-refractivity contribution in [1.29, 1.82) is 0 Å². The summed E-state index contributed by atoms with van der Waals surface area (Å²) in [5.41, 5.74) is 2.63. The Balaban J connectivity index is 2.53. The molecule has 2 rings (SSSR count). The molecule has 4 N–H and O–H groups in total. The van der Waals surface area contributed by atoms with Crippen LogP contribution in [0.2, 0.25) is 0 Å². The number of phenolic OH excluding ortho intramolecular Hbond substituents is 2. The summed E-state index contributed by atoms with van der Waals surface area (Å²) in [7, 11) is 0. The SMILES string of the molecule is C[C@H](NCCC(C)(C)c1cc(SC(C)(C)Sc2cc(C(C)(C)C)c(O)c(C(C)(C)C)c2)cc(C(C)(C)C)c1O)C(=O)O. The van der Waals surface area contributed by atoms with Gasteiger partial charge in [-0.1, -0.05) is 76.2 Å². The fourth-order valence-electron chi connectivity index (χ4n) is 4.98. The van der Waals surface area contributed by atoms with Crippen LogP contribution in [-0.2, 0) is 26.5 Å². The molecule has 0 saturated heterocycles. The predicted octanol–water partition coefficient (Wildman–Crippen LogP) is 9.34. The van der Waals surface area contributed by atoms with Gasteiger partial charge in [-0.2, -0.15) is 0 Å². The molecule has 0 spiro atoms. The predicted molar refractivity (Wildman–Crippen MR) is 181 cm³/mol. The van der Waals surface area contributed by atoms with Crippen LogP contribution in [0.1, 0.15) is 126 Å². The van der Waals surface area contributed by atoms with E-state index < -0.39 is 12.0 Å². The molecule has 7 heteroatoms. The van der Waals surface area contributed by atoms with Gasteiger partial charge in [0.2, 0.25) is 0 Å². The van der Waals surface area contributed by atoms with Crippen molar-refractivity contribution in [3.63, 3.8) is 0 Å². The lowest BCUT2D eigenvalue weighted by atomic mass is 9.77. The summed E-state index contributed by atoms with van der Waals surface area (Å²) in [6, 6.07) is 7.86. The smallest absolute Gasteiger partial charge is 0.320 e. The van der Waals surface area contributed by atoms with Gasteiger partial charge < -0.3 is 20.6 Å². The van der Waals surface area contributed by atoms with E-state index in [9.17, 15) is 20.1 Å². The molecule has 0 aliphatic rings. The lowest BCUT2D eigenvalue weighted by Crippen LogP contribution is -2.36. The largest absolute Gasteiger partial charge is 0.507 e. The number of carboxylic acid groups (broad SMARTS) is 1. The molecule has 2 aromatic rings. The van der Waals surface area contributed by atoms with Crippen LogP contribution in [0, 0.1) is 0 Å². The number of benzene rings is 2. The highest BCUT2D eigenvalue weighted by atomic mass is 32.2. The van der Waals surface area contributed by atoms with E-state index in [4.69, 9.17) is 0 Å². The van der Waals surface area contributed by atoms with Crippen LogP contribution in [-0.4, -0.2) is 38.0 Å². The lowest BCUT2D eigenvalue weighted by Gasteiger charge is -2.33. The van der Waals surface area contributed by atoms with Crippen molar-refractivity contribution < 1.29 is 20.1 Å². The number of nitrogens with one attached hydrogen (secondary N) is 1. The topological polar surface area (TPSA) is 89.8 Å². The van der Waals surface area contributed by atoms with Gasteiger partial charge in [0.1, 0.15) is 17.5 Å². The first-order chi connectivity index (χ1) is 18.8. The first kappa shape index (κ1) is 36.4. The van der Waals surface area contributed by atoms with Crippen molar-refractivity contribution in [3.8, 4) is 11.5 Å². The molecule has 1 atom stereocenters. The van der Waals surface area contributed by atoms with Crippen LogP contribution >= 0.6 is 23.5 Å². The number of aliphatic carboxylic acids is 1. The molecule has 0 heterocycles. The normalized spacial score (nSPS) is 14.2. The molecule has 0 aliphatic carbocycles. The third-order valence-corrected chi connectivity index (χ3v) is 10.0. The Hall–Kier alpha value is -1.83. The average Bonchev–Trinajstić information content (AvgIpc) is 2.78. The molecular formula is C35H55NO4S2. The number of hydrogen-bond donors (Lipinski definition) is 4. The fraction of sp³-hybridized carbons (Fsp3) is 0.629. The van der Waals surface area contributed by atoms with Gasteiger partial charge in [-0.05, 0) is 79.7 Å². The van der Waals surface area contributed by atoms with E-state index >= 15 is 0 Å². The summed E-state index contributed by atoms with van der Waals surface area (Å²) in [5, 5.41) is 35.0. The second kappa shape index (κ2) is 12.6. The molecule has 0 fully saturated rings. The zero-order chi connectivity index (χ0) is 32.6. The Kier molecular flexibility index (Phi) is 11.0. The van der Waals surface area contributed by atoms with Crippen LogP contribution in [0.15, 0.2) is 34.1 Å².